The minimum Gasteiger partial charge on any atom is -0.496 e. The molecule has 1 atom stereocenters. The van der Waals surface area contributed by atoms with Crippen molar-refractivity contribution in [2.75, 3.05) is 7.11 Å². The zero-order valence-corrected chi connectivity index (χ0v) is 15.4. The van der Waals surface area contributed by atoms with Gasteiger partial charge in [-0.15, -0.1) is 0 Å². The molecule has 0 saturated carbocycles. The minimum absolute atomic E-state index is 0.141. The van der Waals surface area contributed by atoms with Gasteiger partial charge in [-0.1, -0.05) is 46.3 Å². The lowest BCUT2D eigenvalue weighted by Gasteiger charge is -2.29. The highest BCUT2D eigenvalue weighted by Gasteiger charge is 2.33. The zero-order chi connectivity index (χ0) is 18.0. The fourth-order valence-electron chi connectivity index (χ4n) is 2.90. The summed E-state index contributed by atoms with van der Waals surface area (Å²) in [5.41, 5.74) is 2.30. The first-order valence-electron chi connectivity index (χ1n) is 7.72. The van der Waals surface area contributed by atoms with Crippen LogP contribution >= 0.6 is 15.9 Å². The van der Waals surface area contributed by atoms with Gasteiger partial charge in [-0.05, 0) is 25.1 Å². The van der Waals surface area contributed by atoms with Crippen molar-refractivity contribution in [1.82, 2.24) is 10.6 Å². The second-order valence-electron chi connectivity index (χ2n) is 5.65. The third kappa shape index (κ3) is 3.44. The van der Waals surface area contributed by atoms with Crippen LogP contribution in [0.2, 0.25) is 0 Å². The lowest BCUT2D eigenvalue weighted by molar-refractivity contribution is 0.102. The maximum Gasteiger partial charge on any atom is 0.319 e. The number of methoxy groups -OCH3 is 1. The van der Waals surface area contributed by atoms with E-state index < -0.39 is 6.04 Å². The van der Waals surface area contributed by atoms with E-state index >= 15 is 0 Å². The van der Waals surface area contributed by atoms with Crippen molar-refractivity contribution >= 4 is 27.7 Å². The van der Waals surface area contributed by atoms with E-state index in [0.29, 0.717) is 28.1 Å². The van der Waals surface area contributed by atoms with E-state index in [1.165, 1.54) is 0 Å². The fraction of sp³-hybridized carbons (Fsp3) is 0.158. The van der Waals surface area contributed by atoms with Gasteiger partial charge in [0.25, 0.3) is 0 Å². The Hall–Kier alpha value is -2.60. The van der Waals surface area contributed by atoms with Crippen LogP contribution in [0, 0.1) is 0 Å². The number of ketones is 1. The molecule has 1 aliphatic heterocycles. The molecule has 0 aliphatic carbocycles. The number of hydrogen-bond donors (Lipinski definition) is 2. The van der Waals surface area contributed by atoms with Crippen molar-refractivity contribution in [2.45, 2.75) is 13.0 Å². The largest absolute Gasteiger partial charge is 0.496 e. The second kappa shape index (κ2) is 7.11. The number of urea groups is 1. The van der Waals surface area contributed by atoms with Crippen molar-refractivity contribution < 1.29 is 14.3 Å². The summed E-state index contributed by atoms with van der Waals surface area (Å²) in [7, 11) is 1.56. The van der Waals surface area contributed by atoms with E-state index in [4.69, 9.17) is 4.74 Å². The minimum atomic E-state index is -0.603. The van der Waals surface area contributed by atoms with Gasteiger partial charge in [-0.3, -0.25) is 4.79 Å². The van der Waals surface area contributed by atoms with Crippen molar-refractivity contribution in [3.05, 3.63) is 75.4 Å². The standard InChI is InChI=1S/C19H17BrN2O3/c1-11-16(18(23)12-6-4-3-5-7-12)17(22-19(24)21-11)14-10-13(20)8-9-15(14)25-2/h3-10,17H,1-2H3,(H2,21,22,24)/t17-/m0/s1. The number of carbonyl (C=O) groups excluding carboxylic acids is 2. The summed E-state index contributed by atoms with van der Waals surface area (Å²) in [6, 6.07) is 13.5. The summed E-state index contributed by atoms with van der Waals surface area (Å²) < 4.78 is 6.26. The maximum absolute atomic E-state index is 13.1. The van der Waals surface area contributed by atoms with Crippen LogP contribution in [0.1, 0.15) is 28.9 Å². The Labute approximate surface area is 154 Å². The highest BCUT2D eigenvalue weighted by atomic mass is 79.9. The van der Waals surface area contributed by atoms with Crippen LogP contribution in [0.5, 0.6) is 5.75 Å². The summed E-state index contributed by atoms with van der Waals surface area (Å²) in [6.45, 7) is 1.73. The summed E-state index contributed by atoms with van der Waals surface area (Å²) in [5.74, 6) is 0.458. The van der Waals surface area contributed by atoms with Gasteiger partial charge in [0.2, 0.25) is 0 Å². The number of benzene rings is 2. The van der Waals surface area contributed by atoms with E-state index in [9.17, 15) is 9.59 Å². The van der Waals surface area contributed by atoms with Gasteiger partial charge in [0.15, 0.2) is 5.78 Å². The Balaban J connectivity index is 2.14. The number of Topliss-reactive ketones (excluding diaryl/α,β-unsaturated/α-hetero) is 1. The van der Waals surface area contributed by atoms with E-state index in [0.717, 1.165) is 4.47 Å². The van der Waals surface area contributed by atoms with Crippen molar-refractivity contribution in [3.63, 3.8) is 0 Å². The maximum atomic E-state index is 13.1. The Bertz CT molecular complexity index is 862. The van der Waals surface area contributed by atoms with E-state index in [1.54, 1.807) is 32.2 Å². The summed E-state index contributed by atoms with van der Waals surface area (Å²) >= 11 is 3.44. The lowest BCUT2D eigenvalue weighted by atomic mass is 9.89. The van der Waals surface area contributed by atoms with Crippen molar-refractivity contribution in [1.29, 1.82) is 0 Å². The van der Waals surface area contributed by atoms with Crippen LogP contribution in [0.15, 0.2) is 64.3 Å². The highest BCUT2D eigenvalue weighted by Crippen LogP contribution is 2.36. The predicted molar refractivity (Wildman–Crippen MR) is 98.6 cm³/mol. The molecule has 25 heavy (non-hydrogen) atoms. The normalized spacial score (nSPS) is 16.9. The first-order valence-corrected chi connectivity index (χ1v) is 8.52. The summed E-state index contributed by atoms with van der Waals surface area (Å²) in [4.78, 5) is 25.1. The fourth-order valence-corrected chi connectivity index (χ4v) is 3.28. The first-order chi connectivity index (χ1) is 12.0. The van der Waals surface area contributed by atoms with Gasteiger partial charge in [0.05, 0.1) is 13.2 Å². The van der Waals surface area contributed by atoms with Crippen LogP contribution in [-0.4, -0.2) is 18.9 Å². The number of rotatable bonds is 4. The van der Waals surface area contributed by atoms with Gasteiger partial charge in [0, 0.05) is 26.9 Å². The number of halogens is 1. The molecule has 128 valence electrons. The molecule has 0 bridgehead atoms. The Morgan fingerprint density at radius 3 is 2.56 bits per heavy atom. The molecule has 6 heteroatoms. The molecule has 2 amide bonds. The van der Waals surface area contributed by atoms with Gasteiger partial charge in [-0.25, -0.2) is 4.79 Å². The third-order valence-corrected chi connectivity index (χ3v) is 4.55. The number of carbonyl (C=O) groups is 2. The smallest absolute Gasteiger partial charge is 0.319 e. The number of ether oxygens (including phenoxy) is 1. The lowest BCUT2D eigenvalue weighted by Crippen LogP contribution is -2.45. The molecular weight excluding hydrogens is 384 g/mol. The van der Waals surface area contributed by atoms with Gasteiger partial charge >= 0.3 is 6.03 Å². The Morgan fingerprint density at radius 1 is 1.16 bits per heavy atom. The number of nitrogens with one attached hydrogen (secondary N) is 2. The molecule has 0 saturated heterocycles. The molecule has 2 aromatic rings. The summed E-state index contributed by atoms with van der Waals surface area (Å²) in [5, 5.41) is 5.52. The topological polar surface area (TPSA) is 67.4 Å². The average molecular weight is 401 g/mol. The van der Waals surface area contributed by atoms with E-state index in [1.807, 2.05) is 30.3 Å². The molecule has 1 aliphatic rings. The number of allylic oxidation sites excluding steroid dienone is 1. The molecule has 0 aromatic heterocycles. The Morgan fingerprint density at radius 2 is 1.88 bits per heavy atom. The monoisotopic (exact) mass is 400 g/mol. The molecule has 3 rings (SSSR count). The molecule has 0 unspecified atom stereocenters. The Kier molecular flexibility index (Phi) is 4.90. The average Bonchev–Trinajstić information content (AvgIpc) is 2.61. The number of amides is 2. The van der Waals surface area contributed by atoms with Crippen LogP contribution < -0.4 is 15.4 Å². The van der Waals surface area contributed by atoms with Gasteiger partial charge < -0.3 is 15.4 Å². The molecular formula is C19H17BrN2O3. The van der Waals surface area contributed by atoms with Crippen molar-refractivity contribution in [2.24, 2.45) is 0 Å². The quantitative estimate of drug-likeness (QED) is 0.762. The van der Waals surface area contributed by atoms with Crippen molar-refractivity contribution in [3.8, 4) is 5.75 Å². The zero-order valence-electron chi connectivity index (χ0n) is 13.8. The summed E-state index contributed by atoms with van der Waals surface area (Å²) in [6.07, 6.45) is 0. The van der Waals surface area contributed by atoms with Crippen LogP contribution in [0.3, 0.4) is 0 Å². The van der Waals surface area contributed by atoms with Gasteiger partial charge in [0.1, 0.15) is 5.75 Å². The molecule has 0 fully saturated rings. The molecule has 2 N–H and O–H groups in total. The van der Waals surface area contributed by atoms with Crippen LogP contribution in [-0.2, 0) is 0 Å². The van der Waals surface area contributed by atoms with E-state index in [-0.39, 0.29) is 11.8 Å². The molecule has 5 nitrogen and oxygen atoms in total. The van der Waals surface area contributed by atoms with E-state index in [2.05, 4.69) is 26.6 Å². The highest BCUT2D eigenvalue weighted by molar-refractivity contribution is 9.10. The van der Waals surface area contributed by atoms with Crippen LogP contribution in [0.25, 0.3) is 0 Å². The molecule has 1 heterocycles. The second-order valence-corrected chi connectivity index (χ2v) is 6.57. The number of hydrogen-bond acceptors (Lipinski definition) is 3. The first kappa shape index (κ1) is 17.2. The molecule has 0 radical (unpaired) electrons. The van der Waals surface area contributed by atoms with Gasteiger partial charge in [-0.2, -0.15) is 0 Å². The molecule has 0 spiro atoms. The molecule has 2 aromatic carbocycles. The SMILES string of the molecule is COc1ccc(Br)cc1[C@@H]1NC(=O)NC(C)=C1C(=O)c1ccccc1. The van der Waals surface area contributed by atoms with Crippen LogP contribution in [0.4, 0.5) is 4.79 Å². The third-order valence-electron chi connectivity index (χ3n) is 4.05. The predicted octanol–water partition coefficient (Wildman–Crippen LogP) is 3.97.